The SMILES string of the molecule is CC1(C)NC(=O)N(CCCC(=O)NCCc2cccc(Cl)c2)C1=O. The van der Waals surface area contributed by atoms with Crippen LogP contribution in [0, 0.1) is 0 Å². The largest absolute Gasteiger partial charge is 0.356 e. The quantitative estimate of drug-likeness (QED) is 0.738. The number of benzene rings is 1. The number of hydrogen-bond donors (Lipinski definition) is 2. The Morgan fingerprint density at radius 3 is 2.71 bits per heavy atom. The Bertz CT molecular complexity index is 646. The summed E-state index contributed by atoms with van der Waals surface area (Å²) in [5.74, 6) is -0.350. The topological polar surface area (TPSA) is 78.5 Å². The third kappa shape index (κ3) is 4.71. The molecule has 1 aromatic rings. The van der Waals surface area contributed by atoms with Gasteiger partial charge in [0.15, 0.2) is 0 Å². The van der Waals surface area contributed by atoms with Crippen molar-refractivity contribution >= 4 is 29.4 Å². The van der Waals surface area contributed by atoms with Gasteiger partial charge in [0, 0.05) is 24.5 Å². The number of urea groups is 1. The molecule has 130 valence electrons. The van der Waals surface area contributed by atoms with Gasteiger partial charge in [0.25, 0.3) is 5.91 Å². The highest BCUT2D eigenvalue weighted by Gasteiger charge is 2.43. The molecule has 0 unspecified atom stereocenters. The summed E-state index contributed by atoms with van der Waals surface area (Å²) >= 11 is 5.91. The summed E-state index contributed by atoms with van der Waals surface area (Å²) in [5.41, 5.74) is 0.195. The van der Waals surface area contributed by atoms with Gasteiger partial charge in [-0.3, -0.25) is 14.5 Å². The van der Waals surface area contributed by atoms with Gasteiger partial charge in [-0.15, -0.1) is 0 Å². The van der Waals surface area contributed by atoms with Crippen molar-refractivity contribution in [2.45, 2.75) is 38.6 Å². The molecule has 0 aliphatic carbocycles. The van der Waals surface area contributed by atoms with Gasteiger partial charge in [-0.05, 0) is 44.4 Å². The third-order valence-electron chi connectivity index (χ3n) is 3.85. The fraction of sp³-hybridized carbons (Fsp3) is 0.471. The Hall–Kier alpha value is -2.08. The molecule has 4 amide bonds. The van der Waals surface area contributed by atoms with E-state index in [1.54, 1.807) is 19.9 Å². The summed E-state index contributed by atoms with van der Waals surface area (Å²) in [6.45, 7) is 4.09. The van der Waals surface area contributed by atoms with Crippen molar-refractivity contribution in [1.82, 2.24) is 15.5 Å². The van der Waals surface area contributed by atoms with Crippen LogP contribution in [0.2, 0.25) is 5.02 Å². The molecule has 1 aliphatic rings. The second-order valence-electron chi connectivity index (χ2n) is 6.35. The number of carbonyl (C=O) groups excluding carboxylic acids is 3. The lowest BCUT2D eigenvalue weighted by atomic mass is 10.1. The van der Waals surface area contributed by atoms with Crippen LogP contribution in [0.25, 0.3) is 0 Å². The van der Waals surface area contributed by atoms with E-state index in [4.69, 9.17) is 11.6 Å². The Morgan fingerprint density at radius 1 is 1.33 bits per heavy atom. The predicted molar refractivity (Wildman–Crippen MR) is 91.7 cm³/mol. The van der Waals surface area contributed by atoms with E-state index in [1.807, 2.05) is 18.2 Å². The molecule has 0 spiro atoms. The van der Waals surface area contributed by atoms with Gasteiger partial charge in [0.1, 0.15) is 5.54 Å². The predicted octanol–water partition coefficient (Wildman–Crippen LogP) is 2.11. The maximum atomic E-state index is 12.0. The Kier molecular flexibility index (Phi) is 5.83. The number of nitrogens with one attached hydrogen (secondary N) is 2. The van der Waals surface area contributed by atoms with Crippen molar-refractivity contribution in [2.24, 2.45) is 0 Å². The molecule has 2 rings (SSSR count). The number of carbonyl (C=O) groups is 3. The first-order chi connectivity index (χ1) is 11.3. The number of hydrogen-bond acceptors (Lipinski definition) is 3. The van der Waals surface area contributed by atoms with Crippen LogP contribution in [0.5, 0.6) is 0 Å². The number of nitrogens with zero attached hydrogens (tertiary/aromatic N) is 1. The van der Waals surface area contributed by atoms with Crippen LogP contribution < -0.4 is 10.6 Å². The molecule has 7 heteroatoms. The van der Waals surface area contributed by atoms with Crippen LogP contribution in [0.4, 0.5) is 4.79 Å². The van der Waals surface area contributed by atoms with Gasteiger partial charge in [-0.2, -0.15) is 0 Å². The Morgan fingerprint density at radius 2 is 2.08 bits per heavy atom. The van der Waals surface area contributed by atoms with E-state index < -0.39 is 11.6 Å². The standard InChI is InChI=1S/C17H22ClN3O3/c1-17(2)15(23)21(16(24)20-17)10-4-7-14(22)19-9-8-12-5-3-6-13(18)11-12/h3,5-6,11H,4,7-10H2,1-2H3,(H,19,22)(H,20,24). The number of rotatable bonds is 7. The zero-order chi connectivity index (χ0) is 17.7. The monoisotopic (exact) mass is 351 g/mol. The van der Waals surface area contributed by atoms with E-state index >= 15 is 0 Å². The smallest absolute Gasteiger partial charge is 0.325 e. The van der Waals surface area contributed by atoms with Gasteiger partial charge in [0.2, 0.25) is 5.91 Å². The average Bonchev–Trinajstić information content (AvgIpc) is 2.69. The highest BCUT2D eigenvalue weighted by Crippen LogP contribution is 2.17. The maximum absolute atomic E-state index is 12.0. The maximum Gasteiger partial charge on any atom is 0.325 e. The first-order valence-electron chi connectivity index (χ1n) is 7.95. The molecule has 0 bridgehead atoms. The number of imide groups is 1. The van der Waals surface area contributed by atoms with E-state index in [9.17, 15) is 14.4 Å². The average molecular weight is 352 g/mol. The van der Waals surface area contributed by atoms with E-state index in [1.165, 1.54) is 4.90 Å². The van der Waals surface area contributed by atoms with Crippen LogP contribution in [-0.2, 0) is 16.0 Å². The van der Waals surface area contributed by atoms with Crippen molar-refractivity contribution in [3.8, 4) is 0 Å². The van der Waals surface area contributed by atoms with Crippen LogP contribution >= 0.6 is 11.6 Å². The summed E-state index contributed by atoms with van der Waals surface area (Å²) in [4.78, 5) is 36.7. The number of halogens is 1. The zero-order valence-corrected chi connectivity index (χ0v) is 14.7. The molecule has 1 heterocycles. The van der Waals surface area contributed by atoms with Crippen LogP contribution in [0.3, 0.4) is 0 Å². The first kappa shape index (κ1) is 18.3. The minimum atomic E-state index is -0.865. The minimum absolute atomic E-state index is 0.0941. The first-order valence-corrected chi connectivity index (χ1v) is 8.32. The lowest BCUT2D eigenvalue weighted by molar-refractivity contribution is -0.130. The van der Waals surface area contributed by atoms with Crippen LogP contribution in [-0.4, -0.2) is 41.4 Å². The van der Waals surface area contributed by atoms with Gasteiger partial charge in [0.05, 0.1) is 0 Å². The van der Waals surface area contributed by atoms with E-state index in [0.29, 0.717) is 24.4 Å². The zero-order valence-electron chi connectivity index (χ0n) is 13.9. The lowest BCUT2D eigenvalue weighted by Crippen LogP contribution is -2.40. The summed E-state index contributed by atoms with van der Waals surface area (Å²) in [5, 5.41) is 6.12. The molecule has 6 nitrogen and oxygen atoms in total. The van der Waals surface area contributed by atoms with Crippen molar-refractivity contribution in [2.75, 3.05) is 13.1 Å². The summed E-state index contributed by atoms with van der Waals surface area (Å²) < 4.78 is 0. The van der Waals surface area contributed by atoms with Crippen molar-refractivity contribution < 1.29 is 14.4 Å². The van der Waals surface area contributed by atoms with E-state index in [0.717, 1.165) is 5.56 Å². The lowest BCUT2D eigenvalue weighted by Gasteiger charge is -2.15. The summed E-state index contributed by atoms with van der Waals surface area (Å²) in [6, 6.07) is 7.11. The van der Waals surface area contributed by atoms with E-state index in [-0.39, 0.29) is 24.8 Å². The summed E-state index contributed by atoms with van der Waals surface area (Å²) in [6.07, 6.45) is 1.42. The van der Waals surface area contributed by atoms with Crippen LogP contribution in [0.1, 0.15) is 32.3 Å². The van der Waals surface area contributed by atoms with Crippen LogP contribution in [0.15, 0.2) is 24.3 Å². The van der Waals surface area contributed by atoms with Crippen molar-refractivity contribution in [1.29, 1.82) is 0 Å². The third-order valence-corrected chi connectivity index (χ3v) is 4.09. The van der Waals surface area contributed by atoms with Crippen molar-refractivity contribution in [3.05, 3.63) is 34.9 Å². The van der Waals surface area contributed by atoms with Crippen molar-refractivity contribution in [3.63, 3.8) is 0 Å². The highest BCUT2D eigenvalue weighted by atomic mass is 35.5. The molecular formula is C17H22ClN3O3. The second-order valence-corrected chi connectivity index (χ2v) is 6.78. The molecule has 0 radical (unpaired) electrons. The Labute approximate surface area is 146 Å². The molecule has 1 fully saturated rings. The van der Waals surface area contributed by atoms with Gasteiger partial charge >= 0.3 is 6.03 Å². The van der Waals surface area contributed by atoms with E-state index in [2.05, 4.69) is 10.6 Å². The molecule has 0 aromatic heterocycles. The summed E-state index contributed by atoms with van der Waals surface area (Å²) in [7, 11) is 0. The highest BCUT2D eigenvalue weighted by molar-refractivity contribution is 6.30. The molecule has 1 aromatic carbocycles. The Balaban J connectivity index is 1.67. The second kappa shape index (κ2) is 7.66. The molecular weight excluding hydrogens is 330 g/mol. The van der Waals surface area contributed by atoms with Gasteiger partial charge in [-0.1, -0.05) is 23.7 Å². The molecule has 0 saturated carbocycles. The fourth-order valence-corrected chi connectivity index (χ4v) is 2.76. The molecule has 2 N–H and O–H groups in total. The normalized spacial score (nSPS) is 16.2. The molecule has 1 saturated heterocycles. The fourth-order valence-electron chi connectivity index (χ4n) is 2.55. The molecule has 1 aliphatic heterocycles. The van der Waals surface area contributed by atoms with Gasteiger partial charge in [-0.25, -0.2) is 4.79 Å². The minimum Gasteiger partial charge on any atom is -0.356 e. The molecule has 24 heavy (non-hydrogen) atoms. The number of amides is 4. The molecule has 0 atom stereocenters. The van der Waals surface area contributed by atoms with Gasteiger partial charge < -0.3 is 10.6 Å².